The predicted octanol–water partition coefficient (Wildman–Crippen LogP) is 6.27. The summed E-state index contributed by atoms with van der Waals surface area (Å²) in [5, 5.41) is 0. The summed E-state index contributed by atoms with van der Waals surface area (Å²) >= 11 is 0. The van der Waals surface area contributed by atoms with Gasteiger partial charge in [-0.05, 0) is 52.5 Å². The molecule has 0 aliphatic heterocycles. The van der Waals surface area contributed by atoms with Crippen molar-refractivity contribution in [2.75, 3.05) is 0 Å². The number of halogens is 3. The largest absolute Gasteiger partial charge is 0.416 e. The molecule has 3 heteroatoms. The maximum absolute atomic E-state index is 12.6. The van der Waals surface area contributed by atoms with Gasteiger partial charge in [0.05, 0.1) is 5.56 Å². The molecule has 0 amide bonds. The minimum Gasteiger partial charge on any atom is -0.166 e. The maximum atomic E-state index is 12.6. The molecule has 1 aliphatic rings. The van der Waals surface area contributed by atoms with E-state index >= 15 is 0 Å². The Hall–Kier alpha value is -1.77. The third-order valence-electron chi connectivity index (χ3n) is 4.66. The van der Waals surface area contributed by atoms with Crippen LogP contribution in [0.4, 0.5) is 13.2 Å². The smallest absolute Gasteiger partial charge is 0.166 e. The monoisotopic (exact) mass is 318 g/mol. The second-order valence-electron chi connectivity index (χ2n) is 7.44. The topological polar surface area (TPSA) is 0 Å². The normalized spacial score (nSPS) is 21.3. The summed E-state index contributed by atoms with van der Waals surface area (Å²) in [5.41, 5.74) is 3.14. The van der Waals surface area contributed by atoms with Gasteiger partial charge in [-0.1, -0.05) is 57.2 Å². The fraction of sp³-hybridized carbons (Fsp3) is 0.400. The second kappa shape index (κ2) is 5.40. The molecule has 0 N–H and O–H groups in total. The average Bonchev–Trinajstić information content (AvgIpc) is 3.26. The minimum atomic E-state index is -4.26. The van der Waals surface area contributed by atoms with Crippen molar-refractivity contribution in [1.82, 2.24) is 0 Å². The molecule has 0 unspecified atom stereocenters. The lowest BCUT2D eigenvalue weighted by Gasteiger charge is -2.19. The van der Waals surface area contributed by atoms with Gasteiger partial charge in [0.1, 0.15) is 0 Å². The van der Waals surface area contributed by atoms with Crippen molar-refractivity contribution in [3.8, 4) is 0 Å². The average molecular weight is 318 g/mol. The van der Waals surface area contributed by atoms with Crippen molar-refractivity contribution in [3.63, 3.8) is 0 Å². The van der Waals surface area contributed by atoms with E-state index in [0.29, 0.717) is 11.8 Å². The van der Waals surface area contributed by atoms with Gasteiger partial charge in [0.15, 0.2) is 0 Å². The van der Waals surface area contributed by atoms with Gasteiger partial charge in [-0.15, -0.1) is 0 Å². The van der Waals surface area contributed by atoms with E-state index in [4.69, 9.17) is 0 Å². The molecule has 0 radical (unpaired) electrons. The standard InChI is InChI=1S/C20H21F3/c1-19(2,3)15-8-4-13(5-9-15)17-12-18(17)14-6-10-16(11-7-14)20(21,22)23/h4-11,17-18H,12H2,1-3H3/t17-,18+/m0/s1. The first kappa shape index (κ1) is 16.1. The third-order valence-corrected chi connectivity index (χ3v) is 4.66. The van der Waals surface area contributed by atoms with Gasteiger partial charge >= 0.3 is 6.18 Å². The van der Waals surface area contributed by atoms with Crippen LogP contribution in [-0.4, -0.2) is 0 Å². The first-order chi connectivity index (χ1) is 10.7. The zero-order valence-electron chi connectivity index (χ0n) is 13.6. The lowest BCUT2D eigenvalue weighted by atomic mass is 9.86. The zero-order chi connectivity index (χ0) is 16.8. The summed E-state index contributed by atoms with van der Waals surface area (Å²) in [7, 11) is 0. The number of benzene rings is 2. The molecule has 2 aromatic rings. The molecule has 0 saturated heterocycles. The molecular weight excluding hydrogens is 297 g/mol. The lowest BCUT2D eigenvalue weighted by Crippen LogP contribution is -2.10. The minimum absolute atomic E-state index is 0.134. The van der Waals surface area contributed by atoms with E-state index in [1.54, 1.807) is 12.1 Å². The van der Waals surface area contributed by atoms with E-state index in [9.17, 15) is 13.2 Å². The highest BCUT2D eigenvalue weighted by atomic mass is 19.4. The van der Waals surface area contributed by atoms with Crippen LogP contribution in [0.3, 0.4) is 0 Å². The Morgan fingerprint density at radius 1 is 0.696 bits per heavy atom. The first-order valence-electron chi connectivity index (χ1n) is 7.94. The van der Waals surface area contributed by atoms with Gasteiger partial charge in [0.2, 0.25) is 0 Å². The van der Waals surface area contributed by atoms with Gasteiger partial charge in [-0.25, -0.2) is 0 Å². The van der Waals surface area contributed by atoms with E-state index in [1.807, 2.05) is 0 Å². The van der Waals surface area contributed by atoms with Crippen molar-refractivity contribution in [1.29, 1.82) is 0 Å². The van der Waals surface area contributed by atoms with Crippen LogP contribution in [0.2, 0.25) is 0 Å². The van der Waals surface area contributed by atoms with E-state index < -0.39 is 11.7 Å². The highest BCUT2D eigenvalue weighted by molar-refractivity contribution is 5.39. The van der Waals surface area contributed by atoms with E-state index in [2.05, 4.69) is 45.0 Å². The van der Waals surface area contributed by atoms with Gasteiger partial charge < -0.3 is 0 Å². The SMILES string of the molecule is CC(C)(C)c1ccc([C@@H]2C[C@@H]2c2ccc(C(F)(F)F)cc2)cc1. The number of rotatable bonds is 2. The highest BCUT2D eigenvalue weighted by Crippen LogP contribution is 2.54. The Bertz CT molecular complexity index is 611. The van der Waals surface area contributed by atoms with Crippen molar-refractivity contribution < 1.29 is 13.2 Å². The Labute approximate surface area is 135 Å². The molecule has 1 aliphatic carbocycles. The van der Waals surface area contributed by atoms with Crippen LogP contribution in [0.1, 0.15) is 61.3 Å². The quantitative estimate of drug-likeness (QED) is 0.612. The van der Waals surface area contributed by atoms with Crippen LogP contribution >= 0.6 is 0 Å². The van der Waals surface area contributed by atoms with E-state index in [1.165, 1.54) is 23.3 Å². The van der Waals surface area contributed by atoms with Crippen molar-refractivity contribution in [3.05, 3.63) is 70.8 Å². The molecule has 1 saturated carbocycles. The Morgan fingerprint density at radius 2 is 1.09 bits per heavy atom. The molecule has 122 valence electrons. The molecule has 2 atom stereocenters. The van der Waals surface area contributed by atoms with Crippen LogP contribution in [0.25, 0.3) is 0 Å². The van der Waals surface area contributed by atoms with Gasteiger partial charge in [0.25, 0.3) is 0 Å². The molecular formula is C20H21F3. The first-order valence-corrected chi connectivity index (χ1v) is 7.94. The maximum Gasteiger partial charge on any atom is 0.416 e. The second-order valence-corrected chi connectivity index (χ2v) is 7.44. The van der Waals surface area contributed by atoms with Crippen LogP contribution < -0.4 is 0 Å². The van der Waals surface area contributed by atoms with Gasteiger partial charge in [-0.2, -0.15) is 13.2 Å². The molecule has 23 heavy (non-hydrogen) atoms. The summed E-state index contributed by atoms with van der Waals surface area (Å²) < 4.78 is 37.8. The summed E-state index contributed by atoms with van der Waals surface area (Å²) in [6, 6.07) is 14.3. The van der Waals surface area contributed by atoms with Crippen LogP contribution in [-0.2, 0) is 11.6 Å². The van der Waals surface area contributed by atoms with Crippen molar-refractivity contribution >= 4 is 0 Å². The van der Waals surface area contributed by atoms with Gasteiger partial charge in [0, 0.05) is 0 Å². The fourth-order valence-electron chi connectivity index (χ4n) is 3.08. The number of alkyl halides is 3. The third kappa shape index (κ3) is 3.44. The Morgan fingerprint density at radius 3 is 1.43 bits per heavy atom. The Kier molecular flexibility index (Phi) is 3.78. The Balaban J connectivity index is 1.72. The molecule has 1 fully saturated rings. The number of hydrogen-bond acceptors (Lipinski definition) is 0. The molecule has 0 heterocycles. The summed E-state index contributed by atoms with van der Waals surface area (Å²) in [6.45, 7) is 6.55. The lowest BCUT2D eigenvalue weighted by molar-refractivity contribution is -0.137. The molecule has 0 spiro atoms. The fourth-order valence-corrected chi connectivity index (χ4v) is 3.08. The molecule has 0 aromatic heterocycles. The van der Waals surface area contributed by atoms with Crippen LogP contribution in [0.15, 0.2) is 48.5 Å². The molecule has 3 rings (SSSR count). The van der Waals surface area contributed by atoms with Crippen LogP contribution in [0.5, 0.6) is 0 Å². The number of hydrogen-bond donors (Lipinski definition) is 0. The summed E-state index contributed by atoms with van der Waals surface area (Å²) in [6.07, 6.45) is -3.25. The van der Waals surface area contributed by atoms with Crippen LogP contribution in [0, 0.1) is 0 Å². The van der Waals surface area contributed by atoms with Crippen molar-refractivity contribution in [2.24, 2.45) is 0 Å². The van der Waals surface area contributed by atoms with Crippen molar-refractivity contribution in [2.45, 2.75) is 50.6 Å². The zero-order valence-corrected chi connectivity index (χ0v) is 13.6. The van der Waals surface area contributed by atoms with E-state index in [0.717, 1.165) is 12.0 Å². The molecule has 2 aromatic carbocycles. The van der Waals surface area contributed by atoms with Gasteiger partial charge in [-0.3, -0.25) is 0 Å². The highest BCUT2D eigenvalue weighted by Gasteiger charge is 2.40. The van der Waals surface area contributed by atoms with E-state index in [-0.39, 0.29) is 5.41 Å². The summed E-state index contributed by atoms with van der Waals surface area (Å²) in [4.78, 5) is 0. The molecule has 0 bridgehead atoms. The molecule has 0 nitrogen and oxygen atoms in total. The summed E-state index contributed by atoms with van der Waals surface area (Å²) in [5.74, 6) is 0.776. The predicted molar refractivity (Wildman–Crippen MR) is 86.7 cm³/mol.